The Balaban J connectivity index is 1.43. The van der Waals surface area contributed by atoms with Crippen molar-refractivity contribution < 1.29 is 34.6 Å². The number of allylic oxidation sites excluding steroid dienone is 4. The lowest BCUT2D eigenvalue weighted by molar-refractivity contribution is -0.292. The Morgan fingerprint density at radius 2 is 1.62 bits per heavy atom. The van der Waals surface area contributed by atoms with Crippen LogP contribution in [0, 0.1) is 17.8 Å². The number of hydrogen-bond donors (Lipinski definition) is 4. The second-order valence-corrected chi connectivity index (χ2v) is 13.2. The molecule has 226 valence electrons. The molecule has 39 heavy (non-hydrogen) atoms. The van der Waals surface area contributed by atoms with Gasteiger partial charge in [-0.25, -0.2) is 0 Å². The smallest absolute Gasteiger partial charge is 0.228 e. The second kappa shape index (κ2) is 15.2. The van der Waals surface area contributed by atoms with E-state index in [9.17, 15) is 20.4 Å². The van der Waals surface area contributed by atoms with Crippen molar-refractivity contribution in [3.63, 3.8) is 0 Å². The van der Waals surface area contributed by atoms with Gasteiger partial charge in [0.15, 0.2) is 0 Å². The number of fused-ring (bicyclic) bond motifs is 1. The van der Waals surface area contributed by atoms with Crippen LogP contribution in [0.3, 0.4) is 0 Å². The average molecular weight is 553 g/mol. The molecular formula is C32H56O7. The van der Waals surface area contributed by atoms with Crippen LogP contribution in [0.25, 0.3) is 0 Å². The van der Waals surface area contributed by atoms with E-state index in [0.29, 0.717) is 12.2 Å². The van der Waals surface area contributed by atoms with Crippen LogP contribution in [0.2, 0.25) is 0 Å². The molecule has 2 saturated heterocycles. The lowest BCUT2D eigenvalue weighted by atomic mass is 9.80. The Bertz CT molecular complexity index is 806. The maximum Gasteiger partial charge on any atom is 0.228 e. The van der Waals surface area contributed by atoms with E-state index in [1.54, 1.807) is 0 Å². The van der Waals surface area contributed by atoms with Crippen molar-refractivity contribution in [2.45, 2.75) is 154 Å². The molecule has 0 aromatic rings. The summed E-state index contributed by atoms with van der Waals surface area (Å²) in [7, 11) is 0. The van der Waals surface area contributed by atoms with Gasteiger partial charge in [-0.2, -0.15) is 0 Å². The van der Waals surface area contributed by atoms with Gasteiger partial charge in [0.25, 0.3) is 0 Å². The third-order valence-electron chi connectivity index (χ3n) is 8.96. The molecule has 8 atom stereocenters. The number of hydrogen-bond acceptors (Lipinski definition) is 7. The van der Waals surface area contributed by atoms with E-state index in [0.717, 1.165) is 42.4 Å². The first-order valence-electron chi connectivity index (χ1n) is 15.6. The van der Waals surface area contributed by atoms with Crippen molar-refractivity contribution in [3.05, 3.63) is 23.2 Å². The van der Waals surface area contributed by atoms with Crippen LogP contribution >= 0.6 is 0 Å². The topological polar surface area (TPSA) is 109 Å². The molecule has 7 nitrogen and oxygen atoms in total. The molecule has 0 aromatic heterocycles. The number of rotatable bonds is 15. The van der Waals surface area contributed by atoms with Crippen LogP contribution in [-0.2, 0) is 14.2 Å². The third-order valence-corrected chi connectivity index (χ3v) is 8.96. The van der Waals surface area contributed by atoms with Gasteiger partial charge in [-0.15, -0.1) is 0 Å². The van der Waals surface area contributed by atoms with Crippen molar-refractivity contribution in [3.8, 4) is 0 Å². The van der Waals surface area contributed by atoms with E-state index >= 15 is 0 Å². The molecule has 4 N–H and O–H groups in total. The van der Waals surface area contributed by atoms with Gasteiger partial charge in [0, 0.05) is 12.3 Å². The Kier molecular flexibility index (Phi) is 12.6. The highest BCUT2D eigenvalue weighted by molar-refractivity contribution is 5.30. The molecule has 2 fully saturated rings. The first-order chi connectivity index (χ1) is 18.5. The fourth-order valence-electron chi connectivity index (χ4n) is 6.34. The van der Waals surface area contributed by atoms with E-state index < -0.39 is 37.3 Å². The average Bonchev–Trinajstić information content (AvgIpc) is 2.89. The molecule has 0 saturated carbocycles. The van der Waals surface area contributed by atoms with E-state index in [1.807, 2.05) is 13.0 Å². The predicted molar refractivity (Wildman–Crippen MR) is 153 cm³/mol. The second-order valence-electron chi connectivity index (χ2n) is 13.2. The number of aliphatic hydroxyl groups is 4. The summed E-state index contributed by atoms with van der Waals surface area (Å²) in [4.78, 5) is 0. The molecule has 0 spiro atoms. The molecule has 0 bridgehead atoms. The number of unbranched alkanes of at least 4 members (excludes halogenated alkanes) is 4. The molecule has 0 amide bonds. The summed E-state index contributed by atoms with van der Waals surface area (Å²) in [6.45, 7) is 10.8. The van der Waals surface area contributed by atoms with Crippen LogP contribution in [-0.4, -0.2) is 63.3 Å². The third kappa shape index (κ3) is 9.46. The van der Waals surface area contributed by atoms with Gasteiger partial charge in [0.05, 0.1) is 6.61 Å². The van der Waals surface area contributed by atoms with Crippen LogP contribution in [0.5, 0.6) is 0 Å². The Labute approximate surface area is 236 Å². The van der Waals surface area contributed by atoms with Gasteiger partial charge in [0.1, 0.15) is 41.5 Å². The maximum atomic E-state index is 10.3. The van der Waals surface area contributed by atoms with Crippen molar-refractivity contribution in [1.29, 1.82) is 0 Å². The monoisotopic (exact) mass is 552 g/mol. The zero-order chi connectivity index (χ0) is 28.6. The van der Waals surface area contributed by atoms with E-state index in [2.05, 4.69) is 27.7 Å². The van der Waals surface area contributed by atoms with Gasteiger partial charge in [-0.05, 0) is 63.0 Å². The largest absolute Gasteiger partial charge is 0.491 e. The Morgan fingerprint density at radius 3 is 2.31 bits per heavy atom. The maximum absolute atomic E-state index is 10.3. The lowest BCUT2D eigenvalue weighted by Crippen LogP contribution is -2.59. The van der Waals surface area contributed by atoms with Crippen LogP contribution in [0.1, 0.15) is 118 Å². The van der Waals surface area contributed by atoms with Gasteiger partial charge >= 0.3 is 0 Å². The van der Waals surface area contributed by atoms with Gasteiger partial charge < -0.3 is 34.6 Å². The lowest BCUT2D eigenvalue weighted by Gasteiger charge is -2.43. The van der Waals surface area contributed by atoms with Crippen LogP contribution in [0.15, 0.2) is 23.2 Å². The molecular weight excluding hydrogens is 496 g/mol. The zero-order valence-corrected chi connectivity index (χ0v) is 25.1. The van der Waals surface area contributed by atoms with Crippen molar-refractivity contribution in [1.82, 2.24) is 0 Å². The molecule has 3 aliphatic rings. The minimum Gasteiger partial charge on any atom is -0.491 e. The summed E-state index contributed by atoms with van der Waals surface area (Å²) in [5, 5.41) is 39.9. The summed E-state index contributed by atoms with van der Waals surface area (Å²) in [6.07, 6.45) is 11.2. The van der Waals surface area contributed by atoms with Crippen LogP contribution < -0.4 is 0 Å². The fraction of sp³-hybridized carbons (Fsp3) is 0.875. The van der Waals surface area contributed by atoms with Crippen molar-refractivity contribution in [2.75, 3.05) is 6.61 Å². The quantitative estimate of drug-likeness (QED) is 0.192. The SMILES string of the molecule is CC1=C2OC(C)(CCCC(C)CCCCCCCC(C)C)CCC2CC(OC2OC(CO)C(O)C(O)C2O)=C1. The predicted octanol–water partition coefficient (Wildman–Crippen LogP) is 5.74. The standard InChI is InChI=1S/C32H56O7/c1-21(2)12-9-7-6-8-10-13-22(3)14-11-16-32(5)17-15-24-19-25(18-23(4)30(24)39-32)37-31-29(36)28(35)27(34)26(20-33)38-31/h18,21-22,24,26-29,31,33-36H,6-17,19-20H2,1-5H3. The zero-order valence-electron chi connectivity index (χ0n) is 25.1. The van der Waals surface area contributed by atoms with Gasteiger partial charge in [-0.1, -0.05) is 72.1 Å². The molecule has 1 aliphatic carbocycles. The molecule has 7 heteroatoms. The van der Waals surface area contributed by atoms with Gasteiger partial charge in [-0.3, -0.25) is 0 Å². The van der Waals surface area contributed by atoms with Crippen molar-refractivity contribution in [2.24, 2.45) is 17.8 Å². The van der Waals surface area contributed by atoms with E-state index in [-0.39, 0.29) is 11.5 Å². The van der Waals surface area contributed by atoms with E-state index in [1.165, 1.54) is 57.8 Å². The highest BCUT2D eigenvalue weighted by atomic mass is 16.7. The minimum atomic E-state index is -1.45. The highest BCUT2D eigenvalue weighted by Crippen LogP contribution is 2.45. The normalized spacial score (nSPS) is 33.9. The molecule has 3 rings (SSSR count). The molecule has 2 aliphatic heterocycles. The summed E-state index contributed by atoms with van der Waals surface area (Å²) in [5.74, 6) is 3.50. The number of aliphatic hydroxyl groups excluding tert-OH is 4. The Hall–Kier alpha value is -1.12. The first-order valence-corrected chi connectivity index (χ1v) is 15.6. The molecule has 2 heterocycles. The summed E-state index contributed by atoms with van der Waals surface area (Å²) in [5.41, 5.74) is 0.866. The van der Waals surface area contributed by atoms with Gasteiger partial charge in [0.2, 0.25) is 6.29 Å². The summed E-state index contributed by atoms with van der Waals surface area (Å²) >= 11 is 0. The summed E-state index contributed by atoms with van der Waals surface area (Å²) < 4.78 is 18.1. The Morgan fingerprint density at radius 1 is 0.949 bits per heavy atom. The number of ether oxygens (including phenoxy) is 3. The molecule has 0 aromatic carbocycles. The first kappa shape index (κ1) is 32.4. The molecule has 0 radical (unpaired) electrons. The van der Waals surface area contributed by atoms with Crippen LogP contribution in [0.4, 0.5) is 0 Å². The van der Waals surface area contributed by atoms with Crippen molar-refractivity contribution >= 4 is 0 Å². The molecule has 8 unspecified atom stereocenters. The summed E-state index contributed by atoms with van der Waals surface area (Å²) in [6, 6.07) is 0. The highest BCUT2D eigenvalue weighted by Gasteiger charge is 2.45. The fourth-order valence-corrected chi connectivity index (χ4v) is 6.34. The minimum absolute atomic E-state index is 0.146. The van der Waals surface area contributed by atoms with E-state index in [4.69, 9.17) is 14.2 Å².